The molecule has 7 heteroatoms. The van der Waals surface area contributed by atoms with Crippen molar-refractivity contribution in [3.05, 3.63) is 5.82 Å². The second kappa shape index (κ2) is 5.42. The molecule has 15 heavy (non-hydrogen) atoms. The lowest BCUT2D eigenvalue weighted by Crippen LogP contribution is -2.19. The molecule has 1 heterocycles. The van der Waals surface area contributed by atoms with Gasteiger partial charge in [-0.05, 0) is 0 Å². The molecule has 1 aromatic rings. The Labute approximate surface area is 87.3 Å². The molecule has 0 aromatic carbocycles. The third kappa shape index (κ3) is 2.74. The Morgan fingerprint density at radius 1 is 1.20 bits per heavy atom. The Morgan fingerprint density at radius 2 is 1.73 bits per heavy atom. The second-order valence-electron chi connectivity index (χ2n) is 2.78. The van der Waals surface area contributed by atoms with Gasteiger partial charge in [-0.1, -0.05) is 0 Å². The van der Waals surface area contributed by atoms with Gasteiger partial charge in [0.2, 0.25) is 0 Å². The van der Waals surface area contributed by atoms with Crippen LogP contribution in [0.4, 0.5) is 0 Å². The van der Waals surface area contributed by atoms with E-state index >= 15 is 0 Å². The third-order valence-corrected chi connectivity index (χ3v) is 1.85. The maximum atomic E-state index is 9.04. The summed E-state index contributed by atoms with van der Waals surface area (Å²) in [6.07, 6.45) is 0. The van der Waals surface area contributed by atoms with E-state index < -0.39 is 0 Å². The number of aliphatic hydroxyl groups excluding tert-OH is 1. The van der Waals surface area contributed by atoms with E-state index in [0.29, 0.717) is 5.82 Å². The molecule has 0 bridgehead atoms. The van der Waals surface area contributed by atoms with E-state index in [9.17, 15) is 0 Å². The molecule has 7 nitrogen and oxygen atoms in total. The zero-order valence-electron chi connectivity index (χ0n) is 8.67. The predicted molar refractivity (Wildman–Crippen MR) is 51.8 cm³/mol. The molecule has 0 fully saturated rings. The minimum Gasteiger partial charge on any atom is -0.467 e. The summed E-state index contributed by atoms with van der Waals surface area (Å²) in [6, 6.07) is 0.285. The lowest BCUT2D eigenvalue weighted by Gasteiger charge is -2.11. The quantitative estimate of drug-likeness (QED) is 0.642. The van der Waals surface area contributed by atoms with Gasteiger partial charge in [0.15, 0.2) is 0 Å². The molecule has 0 saturated carbocycles. The summed E-state index contributed by atoms with van der Waals surface area (Å²) < 4.78 is 9.74. The number of aromatic nitrogens is 3. The fourth-order valence-electron chi connectivity index (χ4n) is 0.980. The maximum absolute atomic E-state index is 9.04. The van der Waals surface area contributed by atoms with Crippen molar-refractivity contribution >= 4 is 0 Å². The first kappa shape index (κ1) is 11.6. The number of rotatable bonds is 5. The van der Waals surface area contributed by atoms with Crippen LogP contribution in [0.15, 0.2) is 0 Å². The number of nitrogens with zero attached hydrogens (tertiary/aromatic N) is 3. The molecule has 0 spiro atoms. The van der Waals surface area contributed by atoms with E-state index in [1.165, 1.54) is 14.2 Å². The highest BCUT2D eigenvalue weighted by Gasteiger charge is 2.15. The van der Waals surface area contributed by atoms with E-state index in [-0.39, 0.29) is 31.1 Å². The van der Waals surface area contributed by atoms with Gasteiger partial charge in [0.05, 0.1) is 26.7 Å². The minimum atomic E-state index is -0.337. The van der Waals surface area contributed by atoms with Gasteiger partial charge < -0.3 is 20.3 Å². The molecule has 0 aliphatic rings. The number of nitrogens with two attached hydrogens (primary N) is 1. The second-order valence-corrected chi connectivity index (χ2v) is 2.78. The average Bonchev–Trinajstić information content (AvgIpc) is 2.30. The highest BCUT2D eigenvalue weighted by atomic mass is 16.5. The van der Waals surface area contributed by atoms with Crippen LogP contribution in [-0.2, 0) is 0 Å². The standard InChI is InChI=1S/C8H14N4O3/c1-14-7-10-6(5(3-9)4-13)11-8(12-7)15-2/h5,13H,3-4,9H2,1-2H3. The van der Waals surface area contributed by atoms with Crippen LogP contribution in [0.5, 0.6) is 12.0 Å². The van der Waals surface area contributed by atoms with Gasteiger partial charge in [0.1, 0.15) is 5.82 Å². The molecule has 1 aromatic heterocycles. The highest BCUT2D eigenvalue weighted by molar-refractivity contribution is 5.09. The van der Waals surface area contributed by atoms with E-state index in [2.05, 4.69) is 15.0 Å². The average molecular weight is 214 g/mol. The summed E-state index contributed by atoms with van der Waals surface area (Å²) in [5.41, 5.74) is 5.46. The first-order valence-corrected chi connectivity index (χ1v) is 4.40. The molecule has 0 radical (unpaired) electrons. The van der Waals surface area contributed by atoms with Crippen molar-refractivity contribution in [1.29, 1.82) is 0 Å². The van der Waals surface area contributed by atoms with Crippen LogP contribution >= 0.6 is 0 Å². The van der Waals surface area contributed by atoms with Gasteiger partial charge in [-0.25, -0.2) is 0 Å². The molecule has 1 rings (SSSR count). The molecular weight excluding hydrogens is 200 g/mol. The van der Waals surface area contributed by atoms with Gasteiger partial charge in [-0.3, -0.25) is 0 Å². The van der Waals surface area contributed by atoms with Gasteiger partial charge in [-0.2, -0.15) is 9.97 Å². The molecule has 84 valence electrons. The van der Waals surface area contributed by atoms with Crippen molar-refractivity contribution in [3.8, 4) is 12.0 Å². The first-order chi connectivity index (χ1) is 7.24. The Balaban J connectivity index is 3.05. The van der Waals surface area contributed by atoms with Gasteiger partial charge in [0.25, 0.3) is 0 Å². The van der Waals surface area contributed by atoms with E-state index in [0.717, 1.165) is 0 Å². The van der Waals surface area contributed by atoms with Crippen LogP contribution in [0, 0.1) is 0 Å². The lowest BCUT2D eigenvalue weighted by atomic mass is 10.1. The number of ether oxygens (including phenoxy) is 2. The molecular formula is C8H14N4O3. The van der Waals surface area contributed by atoms with Crippen molar-refractivity contribution in [1.82, 2.24) is 15.0 Å². The van der Waals surface area contributed by atoms with Gasteiger partial charge in [-0.15, -0.1) is 4.98 Å². The largest absolute Gasteiger partial charge is 0.467 e. The Bertz CT molecular complexity index is 295. The van der Waals surface area contributed by atoms with Gasteiger partial charge >= 0.3 is 12.0 Å². The fourth-order valence-corrected chi connectivity index (χ4v) is 0.980. The molecule has 1 unspecified atom stereocenters. The summed E-state index contributed by atoms with van der Waals surface area (Å²) in [5.74, 6) is 0.0273. The van der Waals surface area contributed by atoms with Crippen molar-refractivity contribution in [2.45, 2.75) is 5.92 Å². The van der Waals surface area contributed by atoms with Crippen LogP contribution in [0.3, 0.4) is 0 Å². The van der Waals surface area contributed by atoms with Crippen LogP contribution in [0.1, 0.15) is 11.7 Å². The fraction of sp³-hybridized carbons (Fsp3) is 0.625. The van der Waals surface area contributed by atoms with Crippen LogP contribution < -0.4 is 15.2 Å². The van der Waals surface area contributed by atoms with Crippen molar-refractivity contribution < 1.29 is 14.6 Å². The van der Waals surface area contributed by atoms with Crippen LogP contribution in [0.25, 0.3) is 0 Å². The molecule has 1 atom stereocenters. The minimum absolute atomic E-state index is 0.132. The zero-order valence-corrected chi connectivity index (χ0v) is 8.67. The number of hydrogen-bond acceptors (Lipinski definition) is 7. The SMILES string of the molecule is COc1nc(OC)nc(C(CN)CO)n1. The van der Waals surface area contributed by atoms with Crippen LogP contribution in [0.2, 0.25) is 0 Å². The predicted octanol–water partition coefficient (Wildman–Crippen LogP) is -1.08. The monoisotopic (exact) mass is 214 g/mol. The van der Waals surface area contributed by atoms with E-state index in [1.54, 1.807) is 0 Å². The smallest absolute Gasteiger partial charge is 0.322 e. The molecule has 0 amide bonds. The summed E-state index contributed by atoms with van der Waals surface area (Å²) in [6.45, 7) is 0.111. The zero-order chi connectivity index (χ0) is 11.3. The van der Waals surface area contributed by atoms with E-state index in [4.69, 9.17) is 20.3 Å². The lowest BCUT2D eigenvalue weighted by molar-refractivity contribution is 0.258. The number of hydrogen-bond donors (Lipinski definition) is 2. The first-order valence-electron chi connectivity index (χ1n) is 4.40. The van der Waals surface area contributed by atoms with Crippen molar-refractivity contribution in [2.24, 2.45) is 5.73 Å². The van der Waals surface area contributed by atoms with E-state index in [1.807, 2.05) is 0 Å². The third-order valence-electron chi connectivity index (χ3n) is 1.85. The molecule has 0 aliphatic heterocycles. The Hall–Kier alpha value is -1.47. The highest BCUT2D eigenvalue weighted by Crippen LogP contribution is 2.15. The number of aliphatic hydroxyl groups is 1. The van der Waals surface area contributed by atoms with Crippen molar-refractivity contribution in [2.75, 3.05) is 27.4 Å². The number of methoxy groups -OCH3 is 2. The summed E-state index contributed by atoms with van der Waals surface area (Å²) >= 11 is 0. The van der Waals surface area contributed by atoms with Crippen LogP contribution in [-0.4, -0.2) is 47.4 Å². The topological polar surface area (TPSA) is 103 Å². The Morgan fingerprint density at radius 3 is 2.07 bits per heavy atom. The summed E-state index contributed by atoms with van der Waals surface area (Å²) in [5, 5.41) is 9.04. The molecule has 3 N–H and O–H groups in total. The maximum Gasteiger partial charge on any atom is 0.322 e. The molecule has 0 saturated heterocycles. The Kier molecular flexibility index (Phi) is 4.19. The summed E-state index contributed by atoms with van der Waals surface area (Å²) in [4.78, 5) is 11.8. The van der Waals surface area contributed by atoms with Crippen molar-refractivity contribution in [3.63, 3.8) is 0 Å². The normalized spacial score (nSPS) is 12.3. The summed E-state index contributed by atoms with van der Waals surface area (Å²) in [7, 11) is 2.88. The molecule has 0 aliphatic carbocycles. The van der Waals surface area contributed by atoms with Gasteiger partial charge in [0, 0.05) is 6.54 Å².